The van der Waals surface area contributed by atoms with Crippen molar-refractivity contribution in [3.63, 3.8) is 0 Å². The van der Waals surface area contributed by atoms with Crippen LogP contribution in [0.3, 0.4) is 0 Å². The normalized spacial score (nSPS) is 10.7. The highest BCUT2D eigenvalue weighted by atomic mass is 32.2. The SMILES string of the molecule is CCOC=O.O=S(=O)(c1ccccc1)n1ccc2ccccc21. The summed E-state index contributed by atoms with van der Waals surface area (Å²) in [5, 5.41) is 0.914. The summed E-state index contributed by atoms with van der Waals surface area (Å²) < 4.78 is 30.4. The van der Waals surface area contributed by atoms with Crippen molar-refractivity contribution in [1.29, 1.82) is 0 Å². The van der Waals surface area contributed by atoms with Crippen LogP contribution >= 0.6 is 0 Å². The number of nitrogens with zero attached hydrogens (tertiary/aromatic N) is 1. The van der Waals surface area contributed by atoms with Gasteiger partial charge in [0.15, 0.2) is 0 Å². The number of hydrogen-bond donors (Lipinski definition) is 0. The molecule has 0 unspecified atom stereocenters. The maximum absolute atomic E-state index is 12.5. The average molecular weight is 331 g/mol. The van der Waals surface area contributed by atoms with Crippen molar-refractivity contribution in [2.24, 2.45) is 0 Å². The van der Waals surface area contributed by atoms with E-state index in [1.165, 1.54) is 3.97 Å². The lowest BCUT2D eigenvalue weighted by Gasteiger charge is -2.07. The van der Waals surface area contributed by atoms with Crippen molar-refractivity contribution in [3.8, 4) is 0 Å². The molecule has 0 saturated carbocycles. The number of carbonyl (C=O) groups excluding carboxylic acids is 1. The number of carbonyl (C=O) groups is 1. The second-order valence-electron chi connectivity index (χ2n) is 4.54. The lowest BCUT2D eigenvalue weighted by molar-refractivity contribution is -0.128. The molecule has 0 aliphatic carbocycles. The Morgan fingerprint density at radius 1 is 1.00 bits per heavy atom. The van der Waals surface area contributed by atoms with E-state index in [1.54, 1.807) is 55.6 Å². The first-order chi connectivity index (χ1) is 11.1. The van der Waals surface area contributed by atoms with Crippen LogP contribution in [-0.2, 0) is 19.6 Å². The third-order valence-electron chi connectivity index (χ3n) is 3.10. The number of ether oxygens (including phenoxy) is 1. The minimum absolute atomic E-state index is 0.298. The van der Waals surface area contributed by atoms with Gasteiger partial charge in [0, 0.05) is 11.6 Å². The van der Waals surface area contributed by atoms with E-state index in [9.17, 15) is 13.2 Å². The fourth-order valence-electron chi connectivity index (χ4n) is 2.04. The maximum Gasteiger partial charge on any atom is 0.293 e. The Balaban J connectivity index is 0.000000338. The van der Waals surface area contributed by atoms with E-state index in [-0.39, 0.29) is 0 Å². The van der Waals surface area contributed by atoms with Gasteiger partial charge in [-0.05, 0) is 31.2 Å². The molecule has 0 spiro atoms. The molecule has 0 saturated heterocycles. The lowest BCUT2D eigenvalue weighted by atomic mass is 10.3. The van der Waals surface area contributed by atoms with Crippen molar-refractivity contribution in [3.05, 3.63) is 66.9 Å². The summed E-state index contributed by atoms with van der Waals surface area (Å²) in [4.78, 5) is 9.48. The molecule has 0 N–H and O–H groups in total. The number of benzene rings is 2. The molecule has 1 heterocycles. The Hall–Kier alpha value is -2.60. The first-order valence-electron chi connectivity index (χ1n) is 7.03. The zero-order chi connectivity index (χ0) is 16.7. The fraction of sp³-hybridized carbons (Fsp3) is 0.118. The molecule has 0 amide bonds. The van der Waals surface area contributed by atoms with Crippen LogP contribution in [0, 0.1) is 0 Å². The van der Waals surface area contributed by atoms with Crippen LogP contribution in [0.4, 0.5) is 0 Å². The third-order valence-corrected chi connectivity index (χ3v) is 4.80. The van der Waals surface area contributed by atoms with Gasteiger partial charge in [-0.3, -0.25) is 4.79 Å². The van der Waals surface area contributed by atoms with E-state index in [1.807, 2.05) is 18.2 Å². The van der Waals surface area contributed by atoms with Gasteiger partial charge < -0.3 is 4.74 Å². The molecule has 0 atom stereocenters. The molecule has 1 aromatic heterocycles. The Bertz CT molecular complexity index is 870. The molecule has 6 heteroatoms. The van der Waals surface area contributed by atoms with Crippen molar-refractivity contribution >= 4 is 27.4 Å². The highest BCUT2D eigenvalue weighted by Crippen LogP contribution is 2.21. The number of para-hydroxylation sites is 1. The van der Waals surface area contributed by atoms with Gasteiger partial charge >= 0.3 is 0 Å². The van der Waals surface area contributed by atoms with Gasteiger partial charge in [-0.2, -0.15) is 0 Å². The van der Waals surface area contributed by atoms with Crippen LogP contribution in [-0.4, -0.2) is 25.5 Å². The Kier molecular flexibility index (Phi) is 5.54. The number of hydrogen-bond acceptors (Lipinski definition) is 4. The quantitative estimate of drug-likeness (QED) is 0.689. The molecule has 2 aromatic carbocycles. The molecule has 3 rings (SSSR count). The zero-order valence-corrected chi connectivity index (χ0v) is 13.4. The van der Waals surface area contributed by atoms with E-state index >= 15 is 0 Å². The van der Waals surface area contributed by atoms with Crippen molar-refractivity contribution in [2.45, 2.75) is 11.8 Å². The third kappa shape index (κ3) is 3.78. The second-order valence-corrected chi connectivity index (χ2v) is 6.35. The summed E-state index contributed by atoms with van der Waals surface area (Å²) in [7, 11) is -3.51. The molecular formula is C17H17NO4S. The Morgan fingerprint density at radius 3 is 2.26 bits per heavy atom. The van der Waals surface area contributed by atoms with Crippen LogP contribution in [0.5, 0.6) is 0 Å². The molecule has 3 aromatic rings. The van der Waals surface area contributed by atoms with E-state index < -0.39 is 10.0 Å². The van der Waals surface area contributed by atoms with Gasteiger partial charge in [0.1, 0.15) is 0 Å². The summed E-state index contributed by atoms with van der Waals surface area (Å²) >= 11 is 0. The minimum Gasteiger partial charge on any atom is -0.468 e. The maximum atomic E-state index is 12.5. The summed E-state index contributed by atoms with van der Waals surface area (Å²) in [5.74, 6) is 0. The van der Waals surface area contributed by atoms with E-state index in [4.69, 9.17) is 0 Å². The van der Waals surface area contributed by atoms with Crippen LogP contribution in [0.25, 0.3) is 10.9 Å². The van der Waals surface area contributed by atoms with Crippen molar-refractivity contribution < 1.29 is 17.9 Å². The molecular weight excluding hydrogens is 314 g/mol. The average Bonchev–Trinajstić information content (AvgIpc) is 3.02. The highest BCUT2D eigenvalue weighted by molar-refractivity contribution is 7.90. The van der Waals surface area contributed by atoms with Gasteiger partial charge in [-0.1, -0.05) is 36.4 Å². The van der Waals surface area contributed by atoms with Gasteiger partial charge in [-0.15, -0.1) is 0 Å². The number of fused-ring (bicyclic) bond motifs is 1. The standard InChI is InChI=1S/C14H11NO2S.C3H6O2/c16-18(17,13-7-2-1-3-8-13)15-11-10-12-6-4-5-9-14(12)15;1-2-5-3-4/h1-11H;3H,2H2,1H3. The molecule has 0 bridgehead atoms. The van der Waals surface area contributed by atoms with Crippen LogP contribution in [0.1, 0.15) is 6.92 Å². The van der Waals surface area contributed by atoms with Gasteiger partial charge in [-0.25, -0.2) is 12.4 Å². The second kappa shape index (κ2) is 7.60. The first-order valence-corrected chi connectivity index (χ1v) is 8.47. The van der Waals surface area contributed by atoms with Gasteiger partial charge in [0.2, 0.25) is 0 Å². The van der Waals surface area contributed by atoms with E-state index in [0.29, 0.717) is 23.5 Å². The number of rotatable bonds is 4. The summed E-state index contributed by atoms with van der Waals surface area (Å²) in [5.41, 5.74) is 0.696. The first kappa shape index (κ1) is 16.8. The predicted molar refractivity (Wildman–Crippen MR) is 88.7 cm³/mol. The van der Waals surface area contributed by atoms with E-state index in [0.717, 1.165) is 5.39 Å². The molecule has 5 nitrogen and oxygen atoms in total. The fourth-order valence-corrected chi connectivity index (χ4v) is 3.42. The summed E-state index contributed by atoms with van der Waals surface area (Å²) in [6.45, 7) is 2.66. The molecule has 0 aliphatic rings. The predicted octanol–water partition coefficient (Wildman–Crippen LogP) is 3.06. The van der Waals surface area contributed by atoms with Crippen LogP contribution in [0.15, 0.2) is 71.8 Å². The van der Waals surface area contributed by atoms with Crippen LogP contribution in [0.2, 0.25) is 0 Å². The molecule has 0 fully saturated rings. The van der Waals surface area contributed by atoms with Crippen molar-refractivity contribution in [1.82, 2.24) is 3.97 Å². The van der Waals surface area contributed by atoms with Crippen molar-refractivity contribution in [2.75, 3.05) is 6.61 Å². The molecule has 0 aliphatic heterocycles. The Labute approximate surface area is 135 Å². The lowest BCUT2D eigenvalue weighted by Crippen LogP contribution is -2.11. The molecule has 120 valence electrons. The molecule has 0 radical (unpaired) electrons. The van der Waals surface area contributed by atoms with Gasteiger partial charge in [0.25, 0.3) is 16.5 Å². The number of aromatic nitrogens is 1. The zero-order valence-electron chi connectivity index (χ0n) is 12.6. The molecule has 23 heavy (non-hydrogen) atoms. The minimum atomic E-state index is -3.51. The Morgan fingerprint density at radius 2 is 1.65 bits per heavy atom. The largest absolute Gasteiger partial charge is 0.468 e. The summed E-state index contributed by atoms with van der Waals surface area (Å²) in [6.07, 6.45) is 1.59. The monoisotopic (exact) mass is 331 g/mol. The summed E-state index contributed by atoms with van der Waals surface area (Å²) in [6, 6.07) is 17.7. The topological polar surface area (TPSA) is 65.4 Å². The smallest absolute Gasteiger partial charge is 0.293 e. The van der Waals surface area contributed by atoms with Gasteiger partial charge in [0.05, 0.1) is 17.0 Å². The van der Waals surface area contributed by atoms with E-state index in [2.05, 4.69) is 4.74 Å². The highest BCUT2D eigenvalue weighted by Gasteiger charge is 2.17. The van der Waals surface area contributed by atoms with Crippen LogP contribution < -0.4 is 0 Å².